The Balaban J connectivity index is 1.75. The molecule has 11 nitrogen and oxygen atoms in total. The molecule has 1 aromatic carbocycles. The highest BCUT2D eigenvalue weighted by atomic mass is 16.6. The number of aromatic nitrogens is 2. The number of nitrogens with zero attached hydrogens (tertiary/aromatic N) is 5. The maximum absolute atomic E-state index is 12.3. The molecule has 0 aliphatic carbocycles. The molecule has 3 rings (SSSR count). The fraction of sp³-hybridized carbons (Fsp3) is 0.389. The van der Waals surface area contributed by atoms with Gasteiger partial charge >= 0.3 is 5.69 Å². The normalized spacial score (nSPS) is 14.3. The SMILES string of the molecule is CCN1CCN(c2ncnc(NNC(=O)c3ccc(OC)cc3)c2[N+](=O)[O-])CC1. The summed E-state index contributed by atoms with van der Waals surface area (Å²) in [6.45, 7) is 5.87. The lowest BCUT2D eigenvalue weighted by Crippen LogP contribution is -2.46. The summed E-state index contributed by atoms with van der Waals surface area (Å²) in [4.78, 5) is 35.7. The summed E-state index contributed by atoms with van der Waals surface area (Å²) in [5.41, 5.74) is 5.10. The number of piperazine rings is 1. The molecule has 154 valence electrons. The Morgan fingerprint density at radius 1 is 1.21 bits per heavy atom. The molecular formula is C18H23N7O4. The van der Waals surface area contributed by atoms with Crippen molar-refractivity contribution in [2.75, 3.05) is 50.2 Å². The van der Waals surface area contributed by atoms with Gasteiger partial charge in [0.25, 0.3) is 5.91 Å². The monoisotopic (exact) mass is 401 g/mol. The molecule has 0 saturated carbocycles. The number of anilines is 2. The molecular weight excluding hydrogens is 378 g/mol. The van der Waals surface area contributed by atoms with Crippen molar-refractivity contribution in [1.29, 1.82) is 0 Å². The molecule has 29 heavy (non-hydrogen) atoms. The van der Waals surface area contributed by atoms with Gasteiger partial charge in [0.1, 0.15) is 12.1 Å². The van der Waals surface area contributed by atoms with Crippen LogP contribution < -0.4 is 20.5 Å². The molecule has 0 spiro atoms. The first kappa shape index (κ1) is 20.3. The molecule has 1 saturated heterocycles. The number of ether oxygens (including phenoxy) is 1. The first-order valence-corrected chi connectivity index (χ1v) is 9.20. The van der Waals surface area contributed by atoms with E-state index in [0.717, 1.165) is 19.6 Å². The lowest BCUT2D eigenvalue weighted by Gasteiger charge is -2.34. The number of amides is 1. The highest BCUT2D eigenvalue weighted by Crippen LogP contribution is 2.31. The second-order valence-corrected chi connectivity index (χ2v) is 6.38. The van der Waals surface area contributed by atoms with E-state index in [9.17, 15) is 14.9 Å². The van der Waals surface area contributed by atoms with E-state index in [1.807, 2.05) is 4.90 Å². The standard InChI is InChI=1S/C18H23N7O4/c1-3-23-8-10-24(11-9-23)17-15(25(27)28)16(19-12-20-17)21-22-18(26)13-4-6-14(29-2)7-5-13/h4-7,12H,3,8-11H2,1-2H3,(H,22,26)(H,19,20,21). The number of hydrogen-bond acceptors (Lipinski definition) is 9. The Bertz CT molecular complexity index is 867. The minimum absolute atomic E-state index is 0.0696. The maximum Gasteiger partial charge on any atom is 0.355 e. The lowest BCUT2D eigenvalue weighted by molar-refractivity contribution is -0.383. The summed E-state index contributed by atoms with van der Waals surface area (Å²) in [7, 11) is 1.53. The number of nitrogens with one attached hydrogen (secondary N) is 2. The zero-order valence-corrected chi connectivity index (χ0v) is 16.3. The maximum atomic E-state index is 12.3. The predicted octanol–water partition coefficient (Wildman–Crippen LogP) is 1.29. The van der Waals surface area contributed by atoms with Crippen LogP contribution in [0.2, 0.25) is 0 Å². The van der Waals surface area contributed by atoms with Crippen LogP contribution in [0.5, 0.6) is 5.75 Å². The molecule has 0 atom stereocenters. The number of hydrazine groups is 1. The molecule has 11 heteroatoms. The Labute approximate surface area is 167 Å². The summed E-state index contributed by atoms with van der Waals surface area (Å²) >= 11 is 0. The van der Waals surface area contributed by atoms with Crippen molar-refractivity contribution >= 4 is 23.2 Å². The van der Waals surface area contributed by atoms with E-state index >= 15 is 0 Å². The summed E-state index contributed by atoms with van der Waals surface area (Å²) in [6.07, 6.45) is 1.25. The number of nitro groups is 1. The van der Waals surface area contributed by atoms with Crippen LogP contribution in [0, 0.1) is 10.1 Å². The highest BCUT2D eigenvalue weighted by molar-refractivity contribution is 5.95. The first-order chi connectivity index (χ1) is 14.0. The van der Waals surface area contributed by atoms with E-state index in [0.29, 0.717) is 24.4 Å². The minimum Gasteiger partial charge on any atom is -0.497 e. The number of rotatable bonds is 7. The van der Waals surface area contributed by atoms with Crippen molar-refractivity contribution in [2.24, 2.45) is 0 Å². The number of hydrogen-bond donors (Lipinski definition) is 2. The van der Waals surface area contributed by atoms with Gasteiger partial charge in [-0.05, 0) is 30.8 Å². The Morgan fingerprint density at radius 2 is 1.90 bits per heavy atom. The molecule has 1 amide bonds. The van der Waals surface area contributed by atoms with Gasteiger partial charge < -0.3 is 14.5 Å². The molecule has 1 aliphatic heterocycles. The predicted molar refractivity (Wildman–Crippen MR) is 107 cm³/mol. The van der Waals surface area contributed by atoms with Gasteiger partial charge in [0.05, 0.1) is 12.0 Å². The van der Waals surface area contributed by atoms with Gasteiger partial charge in [-0.2, -0.15) is 0 Å². The van der Waals surface area contributed by atoms with E-state index in [4.69, 9.17) is 4.74 Å². The third kappa shape index (κ3) is 4.69. The molecule has 0 bridgehead atoms. The quantitative estimate of drug-likeness (QED) is 0.521. The Morgan fingerprint density at radius 3 is 2.48 bits per heavy atom. The van der Waals surface area contributed by atoms with E-state index in [1.165, 1.54) is 13.4 Å². The van der Waals surface area contributed by atoms with E-state index < -0.39 is 10.8 Å². The third-order valence-corrected chi connectivity index (χ3v) is 4.75. The summed E-state index contributed by atoms with van der Waals surface area (Å²) in [5.74, 6) is 0.328. The van der Waals surface area contributed by atoms with Crippen LogP contribution in [0.4, 0.5) is 17.3 Å². The van der Waals surface area contributed by atoms with Gasteiger partial charge in [-0.3, -0.25) is 25.8 Å². The van der Waals surface area contributed by atoms with Crippen LogP contribution in [0.15, 0.2) is 30.6 Å². The second kappa shape index (κ2) is 9.15. The van der Waals surface area contributed by atoms with Gasteiger partial charge in [0.2, 0.25) is 11.6 Å². The van der Waals surface area contributed by atoms with Crippen LogP contribution in [0.25, 0.3) is 0 Å². The molecule has 2 N–H and O–H groups in total. The Kier molecular flexibility index (Phi) is 6.39. The summed E-state index contributed by atoms with van der Waals surface area (Å²) < 4.78 is 5.06. The zero-order valence-electron chi connectivity index (χ0n) is 16.3. The van der Waals surface area contributed by atoms with E-state index in [1.54, 1.807) is 24.3 Å². The number of likely N-dealkylation sites (N-methyl/N-ethyl adjacent to an activating group) is 1. The Hall–Kier alpha value is -3.47. The average Bonchev–Trinajstić information content (AvgIpc) is 2.77. The van der Waals surface area contributed by atoms with E-state index in [-0.39, 0.29) is 17.3 Å². The van der Waals surface area contributed by atoms with Crippen molar-refractivity contribution in [3.8, 4) is 5.75 Å². The average molecular weight is 401 g/mol. The van der Waals surface area contributed by atoms with Crippen LogP contribution in [0.1, 0.15) is 17.3 Å². The number of carbonyl (C=O) groups is 1. The molecule has 0 radical (unpaired) electrons. The van der Waals surface area contributed by atoms with Crippen molar-refractivity contribution < 1.29 is 14.5 Å². The van der Waals surface area contributed by atoms with Gasteiger partial charge in [-0.25, -0.2) is 9.97 Å². The van der Waals surface area contributed by atoms with Crippen LogP contribution in [-0.4, -0.2) is 65.5 Å². The molecule has 2 heterocycles. The molecule has 1 aromatic heterocycles. The number of methoxy groups -OCH3 is 1. The van der Waals surface area contributed by atoms with Crippen molar-refractivity contribution in [3.05, 3.63) is 46.3 Å². The second-order valence-electron chi connectivity index (χ2n) is 6.38. The largest absolute Gasteiger partial charge is 0.497 e. The third-order valence-electron chi connectivity index (χ3n) is 4.75. The molecule has 0 unspecified atom stereocenters. The number of carbonyl (C=O) groups excluding carboxylic acids is 1. The first-order valence-electron chi connectivity index (χ1n) is 9.20. The van der Waals surface area contributed by atoms with Crippen molar-refractivity contribution in [1.82, 2.24) is 20.3 Å². The zero-order chi connectivity index (χ0) is 20.8. The van der Waals surface area contributed by atoms with Gasteiger partial charge in [-0.1, -0.05) is 6.92 Å². The molecule has 1 fully saturated rings. The number of benzene rings is 1. The van der Waals surface area contributed by atoms with Crippen LogP contribution in [-0.2, 0) is 0 Å². The molecule has 2 aromatic rings. The fourth-order valence-corrected chi connectivity index (χ4v) is 3.07. The van der Waals surface area contributed by atoms with Gasteiger partial charge in [0, 0.05) is 31.7 Å². The van der Waals surface area contributed by atoms with Gasteiger partial charge in [-0.15, -0.1) is 0 Å². The highest BCUT2D eigenvalue weighted by Gasteiger charge is 2.29. The van der Waals surface area contributed by atoms with Crippen LogP contribution >= 0.6 is 0 Å². The summed E-state index contributed by atoms with van der Waals surface area (Å²) in [6, 6.07) is 6.47. The lowest BCUT2D eigenvalue weighted by atomic mass is 10.2. The smallest absolute Gasteiger partial charge is 0.355 e. The van der Waals surface area contributed by atoms with Gasteiger partial charge in [0.15, 0.2) is 0 Å². The van der Waals surface area contributed by atoms with Crippen LogP contribution in [0.3, 0.4) is 0 Å². The summed E-state index contributed by atoms with van der Waals surface area (Å²) in [5, 5.41) is 11.7. The van der Waals surface area contributed by atoms with Crippen molar-refractivity contribution in [2.45, 2.75) is 6.92 Å². The molecule has 1 aliphatic rings. The van der Waals surface area contributed by atoms with E-state index in [2.05, 4.69) is 32.6 Å². The minimum atomic E-state index is -0.538. The fourth-order valence-electron chi connectivity index (χ4n) is 3.07. The topological polar surface area (TPSA) is 126 Å². The van der Waals surface area contributed by atoms with Crippen molar-refractivity contribution in [3.63, 3.8) is 0 Å².